The first-order chi connectivity index (χ1) is 15.5. The smallest absolute Gasteiger partial charge is 0.417 e. The molecule has 3 N–H and O–H groups in total. The van der Waals surface area contributed by atoms with Gasteiger partial charge in [0, 0.05) is 29.2 Å². The summed E-state index contributed by atoms with van der Waals surface area (Å²) >= 11 is 0. The van der Waals surface area contributed by atoms with Crippen LogP contribution in [-0.4, -0.2) is 22.0 Å². The number of fused-ring (bicyclic) bond motifs is 1. The molecule has 0 fully saturated rings. The molecular formula is C20H18FN5O3. The maximum Gasteiger partial charge on any atom is 0.417 e. The zero-order chi connectivity index (χ0) is 23.9. The number of aromatic nitrogens is 3. The Balaban J connectivity index is 1.65. The van der Waals surface area contributed by atoms with Gasteiger partial charge >= 0.3 is 5.76 Å². The third-order valence-corrected chi connectivity index (χ3v) is 4.17. The fourth-order valence-corrected chi connectivity index (χ4v) is 2.76. The number of methoxy groups -OCH3 is 1. The SMILES string of the molecule is [2H]c1nc(Nc2cc(C)c(F)c(OC([2H])([2H])[2H])c2)nc(Nc2ccc3oc(=O)[nH]c3c2)c1C. The van der Waals surface area contributed by atoms with Crippen molar-refractivity contribution in [3.63, 3.8) is 0 Å². The number of rotatable bonds is 5. The zero-order valence-corrected chi connectivity index (χ0v) is 15.4. The van der Waals surface area contributed by atoms with Gasteiger partial charge in [-0.15, -0.1) is 0 Å². The molecule has 2 heterocycles. The lowest BCUT2D eigenvalue weighted by molar-refractivity contribution is 0.385. The van der Waals surface area contributed by atoms with Gasteiger partial charge in [0.2, 0.25) is 5.95 Å². The van der Waals surface area contributed by atoms with E-state index in [4.69, 9.17) is 14.6 Å². The Bertz CT molecular complexity index is 1420. The maximum atomic E-state index is 14.3. The number of oxazole rings is 1. The minimum Gasteiger partial charge on any atom is -0.494 e. The molecule has 9 heteroatoms. The van der Waals surface area contributed by atoms with E-state index in [1.54, 1.807) is 25.1 Å². The van der Waals surface area contributed by atoms with Gasteiger partial charge in [-0.3, -0.25) is 4.98 Å². The van der Waals surface area contributed by atoms with Crippen molar-refractivity contribution in [2.75, 3.05) is 17.7 Å². The van der Waals surface area contributed by atoms with Crippen LogP contribution in [0.4, 0.5) is 27.5 Å². The molecule has 148 valence electrons. The van der Waals surface area contributed by atoms with E-state index in [1.807, 2.05) is 0 Å². The van der Waals surface area contributed by atoms with Gasteiger partial charge < -0.3 is 19.8 Å². The van der Waals surface area contributed by atoms with E-state index in [0.29, 0.717) is 28.2 Å². The molecule has 0 atom stereocenters. The Kier molecular flexibility index (Phi) is 3.55. The molecule has 0 aliphatic rings. The lowest BCUT2D eigenvalue weighted by Gasteiger charge is -2.12. The van der Waals surface area contributed by atoms with E-state index < -0.39 is 24.4 Å². The molecule has 8 nitrogen and oxygen atoms in total. The molecule has 0 saturated carbocycles. The standard InChI is InChI=1S/C20H18FN5O3/c1-10-6-13(8-16(28-3)17(10)21)24-19-22-9-11(2)18(26-19)23-12-4-5-15-14(7-12)25-20(27)29-15/h4-9H,1-3H3,(H,25,27)(H2,22,23,24,26)/i3D3,9D. The van der Waals surface area contributed by atoms with Crippen LogP contribution in [0.1, 0.15) is 16.6 Å². The molecule has 29 heavy (non-hydrogen) atoms. The van der Waals surface area contributed by atoms with Crippen molar-refractivity contribution in [2.24, 2.45) is 0 Å². The van der Waals surface area contributed by atoms with Crippen LogP contribution in [-0.2, 0) is 0 Å². The third-order valence-electron chi connectivity index (χ3n) is 4.17. The number of anilines is 4. The van der Waals surface area contributed by atoms with Crippen LogP contribution in [0, 0.1) is 19.7 Å². The molecule has 2 aromatic carbocycles. The highest BCUT2D eigenvalue weighted by Gasteiger charge is 2.11. The minimum absolute atomic E-state index is 0.0248. The summed E-state index contributed by atoms with van der Waals surface area (Å²) in [6.45, 7) is 3.12. The normalized spacial score (nSPS) is 13.3. The van der Waals surface area contributed by atoms with Crippen molar-refractivity contribution >= 4 is 34.2 Å². The van der Waals surface area contributed by atoms with E-state index in [0.717, 1.165) is 0 Å². The van der Waals surface area contributed by atoms with Gasteiger partial charge in [0.15, 0.2) is 17.1 Å². The van der Waals surface area contributed by atoms with Crippen molar-refractivity contribution in [2.45, 2.75) is 13.8 Å². The van der Waals surface area contributed by atoms with Gasteiger partial charge in [0.25, 0.3) is 0 Å². The first kappa shape index (κ1) is 14.2. The van der Waals surface area contributed by atoms with Crippen molar-refractivity contribution < 1.29 is 19.0 Å². The van der Waals surface area contributed by atoms with Gasteiger partial charge in [-0.05, 0) is 43.7 Å². The second-order valence-electron chi connectivity index (χ2n) is 6.32. The van der Waals surface area contributed by atoms with Gasteiger partial charge in [-0.2, -0.15) is 4.98 Å². The van der Waals surface area contributed by atoms with Crippen LogP contribution >= 0.6 is 0 Å². The monoisotopic (exact) mass is 399 g/mol. The van der Waals surface area contributed by atoms with Gasteiger partial charge in [-0.1, -0.05) is 0 Å². The number of H-pyrrole nitrogens is 1. The fraction of sp³-hybridized carbons (Fsp3) is 0.150. The number of halogens is 1. The quantitative estimate of drug-likeness (QED) is 0.463. The summed E-state index contributed by atoms with van der Waals surface area (Å²) in [4.78, 5) is 22.4. The number of hydrogen-bond donors (Lipinski definition) is 3. The third kappa shape index (κ3) is 3.75. The molecule has 0 aliphatic carbocycles. The summed E-state index contributed by atoms with van der Waals surface area (Å²) in [5.41, 5.74) is 2.36. The summed E-state index contributed by atoms with van der Waals surface area (Å²) in [5.74, 6) is -1.47. The van der Waals surface area contributed by atoms with Crippen molar-refractivity contribution in [3.8, 4) is 5.75 Å². The Labute approximate surface area is 170 Å². The molecule has 0 radical (unpaired) electrons. The van der Waals surface area contributed by atoms with Gasteiger partial charge in [-0.25, -0.2) is 14.2 Å². The topological polar surface area (TPSA) is 105 Å². The lowest BCUT2D eigenvalue weighted by atomic mass is 10.2. The highest BCUT2D eigenvalue weighted by Crippen LogP contribution is 2.28. The number of aryl methyl sites for hydroxylation is 1. The van der Waals surface area contributed by atoms with Crippen molar-refractivity contribution in [3.05, 3.63) is 64.0 Å². The predicted octanol–water partition coefficient (Wildman–Crippen LogP) is 4.16. The highest BCUT2D eigenvalue weighted by atomic mass is 19.1. The maximum absolute atomic E-state index is 14.3. The van der Waals surface area contributed by atoms with Crippen LogP contribution in [0.3, 0.4) is 0 Å². The molecule has 2 aromatic heterocycles. The molecule has 0 aliphatic heterocycles. The largest absolute Gasteiger partial charge is 0.494 e. The van der Waals surface area contributed by atoms with E-state index in [2.05, 4.69) is 25.6 Å². The Morgan fingerprint density at radius 1 is 1.21 bits per heavy atom. The number of hydrogen-bond acceptors (Lipinski definition) is 7. The summed E-state index contributed by atoms with van der Waals surface area (Å²) in [5, 5.41) is 5.92. The molecule has 0 saturated heterocycles. The van der Waals surface area contributed by atoms with Crippen LogP contribution < -0.4 is 21.1 Å². The Morgan fingerprint density at radius 3 is 2.90 bits per heavy atom. The second kappa shape index (κ2) is 7.27. The van der Waals surface area contributed by atoms with E-state index >= 15 is 0 Å². The lowest BCUT2D eigenvalue weighted by Crippen LogP contribution is -2.03. The number of ether oxygens (including phenoxy) is 1. The van der Waals surface area contributed by atoms with E-state index in [9.17, 15) is 9.18 Å². The molecule has 4 rings (SSSR count). The highest BCUT2D eigenvalue weighted by molar-refractivity contribution is 5.78. The van der Waals surface area contributed by atoms with Crippen molar-refractivity contribution in [1.29, 1.82) is 0 Å². The van der Waals surface area contributed by atoms with Crippen LogP contribution in [0.15, 0.2) is 45.7 Å². The summed E-state index contributed by atoms with van der Waals surface area (Å²) in [6, 6.07) is 7.56. The molecule has 0 bridgehead atoms. The summed E-state index contributed by atoms with van der Waals surface area (Å²) in [7, 11) is -2.82. The number of benzene rings is 2. The Hall–Kier alpha value is -3.88. The van der Waals surface area contributed by atoms with E-state index in [-0.39, 0.29) is 23.4 Å². The predicted molar refractivity (Wildman–Crippen MR) is 108 cm³/mol. The Morgan fingerprint density at radius 2 is 2.07 bits per heavy atom. The second-order valence-corrected chi connectivity index (χ2v) is 6.32. The van der Waals surface area contributed by atoms with Crippen LogP contribution in [0.25, 0.3) is 11.1 Å². The number of aromatic amines is 1. The molecule has 0 unspecified atom stereocenters. The number of nitrogens with one attached hydrogen (secondary N) is 3. The van der Waals surface area contributed by atoms with Gasteiger partial charge in [0.05, 0.1) is 18.0 Å². The van der Waals surface area contributed by atoms with Crippen molar-refractivity contribution in [1.82, 2.24) is 15.0 Å². The minimum atomic E-state index is -2.82. The molecule has 0 amide bonds. The first-order valence-corrected chi connectivity index (χ1v) is 8.50. The summed E-state index contributed by atoms with van der Waals surface area (Å²) < 4.78 is 53.8. The molecule has 0 spiro atoms. The average Bonchev–Trinajstić information content (AvgIpc) is 3.07. The van der Waals surface area contributed by atoms with Gasteiger partial charge in [0.1, 0.15) is 5.82 Å². The number of nitrogens with zero attached hydrogens (tertiary/aromatic N) is 2. The molecule has 4 aromatic rings. The zero-order valence-electron chi connectivity index (χ0n) is 19.4. The molecular weight excluding hydrogens is 377 g/mol. The van der Waals surface area contributed by atoms with Crippen LogP contribution in [0.5, 0.6) is 5.75 Å². The summed E-state index contributed by atoms with van der Waals surface area (Å²) in [6.07, 6.45) is -0.0643. The van der Waals surface area contributed by atoms with Crippen LogP contribution in [0.2, 0.25) is 0 Å². The average molecular weight is 399 g/mol. The first-order valence-electron chi connectivity index (χ1n) is 10.5. The fourth-order valence-electron chi connectivity index (χ4n) is 2.76. The van der Waals surface area contributed by atoms with E-state index in [1.165, 1.54) is 19.1 Å².